The highest BCUT2D eigenvalue weighted by Gasteiger charge is 2.14. The molecule has 0 fully saturated rings. The van der Waals surface area contributed by atoms with Crippen LogP contribution in [0.5, 0.6) is 11.5 Å². The van der Waals surface area contributed by atoms with Crippen molar-refractivity contribution < 1.29 is 23.5 Å². The zero-order valence-electron chi connectivity index (χ0n) is 16.9. The molecule has 0 saturated carbocycles. The van der Waals surface area contributed by atoms with Crippen molar-refractivity contribution in [3.63, 3.8) is 0 Å². The smallest absolute Gasteiger partial charge is 0.333 e. The van der Waals surface area contributed by atoms with Crippen LogP contribution < -0.4 is 25.6 Å². The quantitative estimate of drug-likeness (QED) is 0.619. The number of hydrogen-bond acceptors (Lipinski definition) is 4. The molecule has 0 saturated heterocycles. The van der Waals surface area contributed by atoms with Crippen LogP contribution in [0, 0.1) is 5.82 Å². The molecule has 0 bridgehead atoms. The summed E-state index contributed by atoms with van der Waals surface area (Å²) in [6.07, 6.45) is 0.0274. The molecule has 0 aliphatic heterocycles. The van der Waals surface area contributed by atoms with Gasteiger partial charge in [-0.15, -0.1) is 0 Å². The van der Waals surface area contributed by atoms with Crippen LogP contribution >= 0.6 is 0 Å². The van der Waals surface area contributed by atoms with Crippen LogP contribution in [0.15, 0.2) is 42.5 Å². The van der Waals surface area contributed by atoms with Gasteiger partial charge in [0.1, 0.15) is 5.82 Å². The largest absolute Gasteiger partial charge is 0.493 e. The summed E-state index contributed by atoms with van der Waals surface area (Å²) in [5.41, 5.74) is 6.06. The number of ether oxygens (including phenoxy) is 2. The van der Waals surface area contributed by atoms with E-state index >= 15 is 0 Å². The average molecular weight is 403 g/mol. The molecule has 2 rings (SSSR count). The third-order valence-electron chi connectivity index (χ3n) is 3.99. The third kappa shape index (κ3) is 6.99. The topological polar surface area (TPSA) is 88.7 Å². The first-order valence-electron chi connectivity index (χ1n) is 9.23. The standard InChI is InChI=1S/C21H26FN3O4/c1-13(2)29-18-10-7-16(12-19(18)28-4)14(3)23-21(27)25-24-20(26)11-15-5-8-17(22)9-6-15/h5-10,12-14H,11H2,1-4H3,(H,24,26)(H2,23,25,27). The van der Waals surface area contributed by atoms with Crippen LogP contribution in [0.1, 0.15) is 37.9 Å². The second-order valence-electron chi connectivity index (χ2n) is 6.75. The first-order valence-corrected chi connectivity index (χ1v) is 9.23. The summed E-state index contributed by atoms with van der Waals surface area (Å²) in [7, 11) is 1.55. The van der Waals surface area contributed by atoms with Crippen LogP contribution in [-0.4, -0.2) is 25.2 Å². The number of methoxy groups -OCH3 is 1. The number of hydrogen-bond donors (Lipinski definition) is 3. The minimum Gasteiger partial charge on any atom is -0.493 e. The number of amides is 3. The number of urea groups is 1. The zero-order chi connectivity index (χ0) is 21.4. The Bertz CT molecular complexity index is 840. The summed E-state index contributed by atoms with van der Waals surface area (Å²) in [5.74, 6) is 0.395. The zero-order valence-corrected chi connectivity index (χ0v) is 16.9. The van der Waals surface area contributed by atoms with E-state index in [1.807, 2.05) is 19.9 Å². The number of benzene rings is 2. The molecule has 8 heteroatoms. The van der Waals surface area contributed by atoms with Crippen LogP contribution in [0.2, 0.25) is 0 Å². The molecule has 0 aromatic heterocycles. The second-order valence-corrected chi connectivity index (χ2v) is 6.75. The fraction of sp³-hybridized carbons (Fsp3) is 0.333. The van der Waals surface area contributed by atoms with Crippen LogP contribution in [0.25, 0.3) is 0 Å². The summed E-state index contributed by atoms with van der Waals surface area (Å²) < 4.78 is 23.9. The molecule has 0 radical (unpaired) electrons. The Balaban J connectivity index is 1.86. The SMILES string of the molecule is COc1cc(C(C)NC(=O)NNC(=O)Cc2ccc(F)cc2)ccc1OC(C)C. The van der Waals surface area contributed by atoms with Gasteiger partial charge in [0.15, 0.2) is 11.5 Å². The first-order chi connectivity index (χ1) is 13.8. The molecule has 0 aliphatic rings. The van der Waals surface area contributed by atoms with E-state index in [9.17, 15) is 14.0 Å². The number of carbonyl (C=O) groups is 2. The van der Waals surface area contributed by atoms with Crippen molar-refractivity contribution >= 4 is 11.9 Å². The summed E-state index contributed by atoms with van der Waals surface area (Å²) in [6.45, 7) is 5.65. The van der Waals surface area contributed by atoms with Gasteiger partial charge in [-0.25, -0.2) is 14.6 Å². The molecular formula is C21H26FN3O4. The molecule has 3 N–H and O–H groups in total. The predicted molar refractivity (Wildman–Crippen MR) is 107 cm³/mol. The van der Waals surface area contributed by atoms with Crippen LogP contribution in [-0.2, 0) is 11.2 Å². The van der Waals surface area contributed by atoms with Gasteiger partial charge in [-0.05, 0) is 56.2 Å². The highest BCUT2D eigenvalue weighted by atomic mass is 19.1. The Labute approximate surface area is 169 Å². The molecule has 1 unspecified atom stereocenters. The molecule has 1 atom stereocenters. The number of hydrazine groups is 1. The highest BCUT2D eigenvalue weighted by molar-refractivity contribution is 5.82. The van der Waals surface area contributed by atoms with E-state index in [4.69, 9.17) is 9.47 Å². The van der Waals surface area contributed by atoms with Gasteiger partial charge in [-0.3, -0.25) is 10.2 Å². The molecule has 7 nitrogen and oxygen atoms in total. The maximum atomic E-state index is 12.9. The maximum Gasteiger partial charge on any atom is 0.333 e. The van der Waals surface area contributed by atoms with E-state index in [-0.39, 0.29) is 24.4 Å². The predicted octanol–water partition coefficient (Wildman–Crippen LogP) is 3.26. The minimum absolute atomic E-state index is 0.00889. The lowest BCUT2D eigenvalue weighted by Gasteiger charge is -2.18. The maximum absolute atomic E-state index is 12.9. The van der Waals surface area contributed by atoms with Gasteiger partial charge in [0.05, 0.1) is 25.7 Å². The molecule has 3 amide bonds. The van der Waals surface area contributed by atoms with Crippen molar-refractivity contribution in [3.8, 4) is 11.5 Å². The van der Waals surface area contributed by atoms with E-state index in [0.29, 0.717) is 17.1 Å². The average Bonchev–Trinajstić information content (AvgIpc) is 2.68. The lowest BCUT2D eigenvalue weighted by Crippen LogP contribution is -2.47. The van der Waals surface area contributed by atoms with E-state index in [1.54, 1.807) is 26.2 Å². The highest BCUT2D eigenvalue weighted by Crippen LogP contribution is 2.31. The number of carbonyl (C=O) groups excluding carboxylic acids is 2. The van der Waals surface area contributed by atoms with Crippen molar-refractivity contribution in [3.05, 3.63) is 59.4 Å². The van der Waals surface area contributed by atoms with Gasteiger partial charge in [0, 0.05) is 0 Å². The molecular weight excluding hydrogens is 377 g/mol. The number of halogens is 1. The van der Waals surface area contributed by atoms with Gasteiger partial charge in [0.2, 0.25) is 5.91 Å². The van der Waals surface area contributed by atoms with Gasteiger partial charge in [0.25, 0.3) is 0 Å². The van der Waals surface area contributed by atoms with Crippen molar-refractivity contribution in [2.24, 2.45) is 0 Å². The normalized spacial score (nSPS) is 11.5. The summed E-state index contributed by atoms with van der Waals surface area (Å²) in [6, 6.07) is 10.1. The summed E-state index contributed by atoms with van der Waals surface area (Å²) in [5, 5.41) is 2.72. The Morgan fingerprint density at radius 2 is 1.69 bits per heavy atom. The van der Waals surface area contributed by atoms with Crippen LogP contribution in [0.3, 0.4) is 0 Å². The van der Waals surface area contributed by atoms with E-state index < -0.39 is 11.9 Å². The number of rotatable bonds is 7. The molecule has 156 valence electrons. The van der Waals surface area contributed by atoms with E-state index in [1.165, 1.54) is 24.3 Å². The van der Waals surface area contributed by atoms with Crippen LogP contribution in [0.4, 0.5) is 9.18 Å². The monoisotopic (exact) mass is 403 g/mol. The third-order valence-corrected chi connectivity index (χ3v) is 3.99. The molecule has 2 aromatic rings. The Kier molecular flexibility index (Phi) is 7.82. The molecule has 2 aromatic carbocycles. The van der Waals surface area contributed by atoms with Crippen molar-refractivity contribution in [2.75, 3.05) is 7.11 Å². The second kappa shape index (κ2) is 10.3. The molecule has 0 aliphatic carbocycles. The van der Waals surface area contributed by atoms with E-state index in [2.05, 4.69) is 16.2 Å². The van der Waals surface area contributed by atoms with E-state index in [0.717, 1.165) is 5.56 Å². The van der Waals surface area contributed by atoms with Gasteiger partial charge >= 0.3 is 6.03 Å². The Morgan fingerprint density at radius 1 is 1.00 bits per heavy atom. The fourth-order valence-electron chi connectivity index (χ4n) is 2.58. The van der Waals surface area contributed by atoms with Gasteiger partial charge in [-0.1, -0.05) is 18.2 Å². The van der Waals surface area contributed by atoms with Crippen molar-refractivity contribution in [1.29, 1.82) is 0 Å². The lowest BCUT2D eigenvalue weighted by atomic mass is 10.1. The first kappa shape index (κ1) is 22.0. The Hall–Kier alpha value is -3.29. The fourth-order valence-corrected chi connectivity index (χ4v) is 2.58. The minimum atomic E-state index is -0.563. The molecule has 0 spiro atoms. The van der Waals surface area contributed by atoms with Gasteiger partial charge in [-0.2, -0.15) is 0 Å². The number of nitrogens with one attached hydrogen (secondary N) is 3. The van der Waals surface area contributed by atoms with Crippen molar-refractivity contribution in [2.45, 2.75) is 39.3 Å². The Morgan fingerprint density at radius 3 is 2.31 bits per heavy atom. The lowest BCUT2D eigenvalue weighted by molar-refractivity contribution is -0.121. The van der Waals surface area contributed by atoms with Gasteiger partial charge < -0.3 is 14.8 Å². The molecule has 29 heavy (non-hydrogen) atoms. The summed E-state index contributed by atoms with van der Waals surface area (Å²) >= 11 is 0. The van der Waals surface area contributed by atoms with Crippen molar-refractivity contribution in [1.82, 2.24) is 16.2 Å². The summed E-state index contributed by atoms with van der Waals surface area (Å²) in [4.78, 5) is 23.9. The molecule has 0 heterocycles.